The molecule has 90 valence electrons. The lowest BCUT2D eigenvalue weighted by atomic mass is 10.1. The first-order valence-corrected chi connectivity index (χ1v) is 5.94. The molecule has 0 bridgehead atoms. The van der Waals surface area contributed by atoms with Crippen molar-refractivity contribution in [2.75, 3.05) is 7.05 Å². The summed E-state index contributed by atoms with van der Waals surface area (Å²) in [7, 11) is 3.83. The molecule has 0 fully saturated rings. The zero-order chi connectivity index (χ0) is 12.4. The van der Waals surface area contributed by atoms with E-state index < -0.39 is 0 Å². The molecular weight excluding hydrogens is 234 g/mol. The lowest BCUT2D eigenvalue weighted by Crippen LogP contribution is -2.05. The van der Waals surface area contributed by atoms with E-state index in [-0.39, 0.29) is 0 Å². The van der Waals surface area contributed by atoms with E-state index in [9.17, 15) is 0 Å². The van der Waals surface area contributed by atoms with Crippen molar-refractivity contribution in [3.05, 3.63) is 40.7 Å². The lowest BCUT2D eigenvalue weighted by Gasteiger charge is -2.05. The molecule has 0 unspecified atom stereocenters. The van der Waals surface area contributed by atoms with Crippen molar-refractivity contribution in [2.24, 2.45) is 7.05 Å². The number of imidazole rings is 1. The fourth-order valence-corrected chi connectivity index (χ4v) is 2.07. The van der Waals surface area contributed by atoms with Gasteiger partial charge in [0, 0.05) is 19.2 Å². The Kier molecular flexibility index (Phi) is 3.50. The third kappa shape index (κ3) is 2.21. The van der Waals surface area contributed by atoms with Gasteiger partial charge in [-0.1, -0.05) is 35.9 Å². The summed E-state index contributed by atoms with van der Waals surface area (Å²) in [6.45, 7) is 2.76. The van der Waals surface area contributed by atoms with Crippen molar-refractivity contribution in [2.45, 2.75) is 13.5 Å². The van der Waals surface area contributed by atoms with Gasteiger partial charge in [0.25, 0.3) is 0 Å². The first kappa shape index (κ1) is 12.1. The van der Waals surface area contributed by atoms with E-state index in [0.717, 1.165) is 17.1 Å². The van der Waals surface area contributed by atoms with Gasteiger partial charge >= 0.3 is 0 Å². The average Bonchev–Trinajstić information content (AvgIpc) is 2.59. The van der Waals surface area contributed by atoms with Gasteiger partial charge < -0.3 is 9.88 Å². The SMILES string of the molecule is CNCc1nc(-c2ccccc2C)n(C)c1Cl. The van der Waals surface area contributed by atoms with Crippen molar-refractivity contribution in [1.29, 1.82) is 0 Å². The predicted molar refractivity (Wildman–Crippen MR) is 71.2 cm³/mol. The molecule has 3 nitrogen and oxygen atoms in total. The molecule has 0 radical (unpaired) electrons. The number of benzene rings is 1. The molecule has 0 amide bonds. The van der Waals surface area contributed by atoms with E-state index in [1.165, 1.54) is 5.56 Å². The zero-order valence-corrected chi connectivity index (χ0v) is 11.0. The fourth-order valence-electron chi connectivity index (χ4n) is 1.88. The first-order chi connectivity index (χ1) is 8.15. The number of rotatable bonds is 3. The Morgan fingerprint density at radius 1 is 1.35 bits per heavy atom. The summed E-state index contributed by atoms with van der Waals surface area (Å²) >= 11 is 6.26. The second-order valence-corrected chi connectivity index (χ2v) is 4.44. The van der Waals surface area contributed by atoms with E-state index in [2.05, 4.69) is 29.4 Å². The topological polar surface area (TPSA) is 29.9 Å². The maximum absolute atomic E-state index is 6.26. The molecule has 0 saturated carbocycles. The van der Waals surface area contributed by atoms with E-state index in [1.807, 2.05) is 30.8 Å². The number of nitrogens with zero attached hydrogens (tertiary/aromatic N) is 2. The van der Waals surface area contributed by atoms with Crippen LogP contribution >= 0.6 is 11.6 Å². The molecule has 2 rings (SSSR count). The summed E-state index contributed by atoms with van der Waals surface area (Å²) in [6, 6.07) is 8.19. The number of nitrogens with one attached hydrogen (secondary N) is 1. The Balaban J connectivity index is 2.53. The van der Waals surface area contributed by atoms with E-state index in [1.54, 1.807) is 0 Å². The van der Waals surface area contributed by atoms with E-state index >= 15 is 0 Å². The van der Waals surface area contributed by atoms with Gasteiger partial charge in [0.15, 0.2) is 0 Å². The molecule has 1 aromatic heterocycles. The van der Waals surface area contributed by atoms with Gasteiger partial charge in [0.05, 0.1) is 5.69 Å². The summed E-state index contributed by atoms with van der Waals surface area (Å²) in [5.41, 5.74) is 3.21. The minimum Gasteiger partial charge on any atom is -0.318 e. The Hall–Kier alpha value is -1.32. The van der Waals surface area contributed by atoms with Crippen LogP contribution in [0, 0.1) is 6.92 Å². The Labute approximate surface area is 106 Å². The van der Waals surface area contributed by atoms with E-state index in [4.69, 9.17) is 11.6 Å². The summed E-state index contributed by atoms with van der Waals surface area (Å²) in [5.74, 6) is 0.915. The summed E-state index contributed by atoms with van der Waals surface area (Å²) in [4.78, 5) is 4.60. The van der Waals surface area contributed by atoms with E-state index in [0.29, 0.717) is 11.7 Å². The van der Waals surface area contributed by atoms with Crippen LogP contribution in [-0.2, 0) is 13.6 Å². The number of halogens is 1. The molecule has 0 atom stereocenters. The summed E-state index contributed by atoms with van der Waals surface area (Å²) in [5, 5.41) is 3.76. The van der Waals surface area contributed by atoms with Gasteiger partial charge in [-0.25, -0.2) is 4.98 Å². The molecule has 1 heterocycles. The van der Waals surface area contributed by atoms with Crippen LogP contribution in [0.2, 0.25) is 5.15 Å². The van der Waals surface area contributed by atoms with Crippen LogP contribution in [-0.4, -0.2) is 16.6 Å². The molecule has 0 aliphatic rings. The molecule has 4 heteroatoms. The Bertz CT molecular complexity index is 531. The second kappa shape index (κ2) is 4.90. The largest absolute Gasteiger partial charge is 0.318 e. The molecule has 2 aromatic rings. The van der Waals surface area contributed by atoms with Gasteiger partial charge in [-0.15, -0.1) is 0 Å². The molecule has 0 aliphatic heterocycles. The van der Waals surface area contributed by atoms with Crippen LogP contribution in [0.3, 0.4) is 0 Å². The van der Waals surface area contributed by atoms with Crippen molar-refractivity contribution in [3.63, 3.8) is 0 Å². The van der Waals surface area contributed by atoms with Crippen LogP contribution in [0.1, 0.15) is 11.3 Å². The Morgan fingerprint density at radius 2 is 2.06 bits per heavy atom. The van der Waals surface area contributed by atoms with Crippen LogP contribution < -0.4 is 5.32 Å². The molecule has 17 heavy (non-hydrogen) atoms. The fraction of sp³-hybridized carbons (Fsp3) is 0.308. The van der Waals surface area contributed by atoms with Gasteiger partial charge in [0.1, 0.15) is 11.0 Å². The molecule has 0 aliphatic carbocycles. The molecule has 1 N–H and O–H groups in total. The lowest BCUT2D eigenvalue weighted by molar-refractivity contribution is 0.795. The second-order valence-electron chi connectivity index (χ2n) is 4.08. The number of aryl methyl sites for hydroxylation is 1. The minimum absolute atomic E-state index is 0.679. The highest BCUT2D eigenvalue weighted by Crippen LogP contribution is 2.26. The number of aromatic nitrogens is 2. The normalized spacial score (nSPS) is 10.8. The van der Waals surface area contributed by atoms with Crippen molar-refractivity contribution in [1.82, 2.24) is 14.9 Å². The first-order valence-electron chi connectivity index (χ1n) is 5.57. The minimum atomic E-state index is 0.679. The zero-order valence-electron chi connectivity index (χ0n) is 10.3. The van der Waals surface area contributed by atoms with Crippen LogP contribution in [0.25, 0.3) is 11.4 Å². The smallest absolute Gasteiger partial charge is 0.141 e. The quantitative estimate of drug-likeness (QED) is 0.907. The monoisotopic (exact) mass is 249 g/mol. The number of hydrogen-bond donors (Lipinski definition) is 1. The highest BCUT2D eigenvalue weighted by atomic mass is 35.5. The highest BCUT2D eigenvalue weighted by Gasteiger charge is 2.14. The molecule has 0 spiro atoms. The molecule has 1 aromatic carbocycles. The maximum atomic E-state index is 6.26. The summed E-state index contributed by atoms with van der Waals surface area (Å²) in [6.07, 6.45) is 0. The van der Waals surface area contributed by atoms with Gasteiger partial charge in [0.2, 0.25) is 0 Å². The van der Waals surface area contributed by atoms with Crippen LogP contribution in [0.5, 0.6) is 0 Å². The predicted octanol–water partition coefficient (Wildman–Crippen LogP) is 2.77. The highest BCUT2D eigenvalue weighted by molar-refractivity contribution is 6.30. The third-order valence-electron chi connectivity index (χ3n) is 2.82. The summed E-state index contributed by atoms with van der Waals surface area (Å²) < 4.78 is 1.93. The third-order valence-corrected chi connectivity index (χ3v) is 3.29. The number of hydrogen-bond acceptors (Lipinski definition) is 2. The van der Waals surface area contributed by atoms with Crippen molar-refractivity contribution >= 4 is 11.6 Å². The average molecular weight is 250 g/mol. The maximum Gasteiger partial charge on any atom is 0.141 e. The van der Waals surface area contributed by atoms with Crippen LogP contribution in [0.4, 0.5) is 0 Å². The van der Waals surface area contributed by atoms with Crippen molar-refractivity contribution < 1.29 is 0 Å². The Morgan fingerprint density at radius 3 is 2.71 bits per heavy atom. The molecule has 0 saturated heterocycles. The molecular formula is C13H16ClN3. The van der Waals surface area contributed by atoms with Crippen LogP contribution in [0.15, 0.2) is 24.3 Å². The van der Waals surface area contributed by atoms with Gasteiger partial charge in [-0.05, 0) is 19.5 Å². The van der Waals surface area contributed by atoms with Crippen molar-refractivity contribution in [3.8, 4) is 11.4 Å². The standard InChI is InChI=1S/C13H16ClN3/c1-9-6-4-5-7-10(9)13-16-11(8-15-2)12(14)17(13)3/h4-7,15H,8H2,1-3H3. The van der Waals surface area contributed by atoms with Gasteiger partial charge in [-0.3, -0.25) is 0 Å². The van der Waals surface area contributed by atoms with Gasteiger partial charge in [-0.2, -0.15) is 0 Å².